The second-order valence-electron chi connectivity index (χ2n) is 5.81. The van der Waals surface area contributed by atoms with Gasteiger partial charge in [-0.3, -0.25) is 9.59 Å². The molecule has 0 bridgehead atoms. The van der Waals surface area contributed by atoms with E-state index in [0.717, 1.165) is 12.8 Å². The number of Topliss-reactive ketones (excluding diaryl/α,β-unsaturated/α-hetero) is 1. The lowest BCUT2D eigenvalue weighted by molar-refractivity contribution is -0.136. The first-order chi connectivity index (χ1) is 10.6. The fourth-order valence-electron chi connectivity index (χ4n) is 3.14. The molecule has 120 valence electrons. The Morgan fingerprint density at radius 3 is 2.50 bits per heavy atom. The van der Waals surface area contributed by atoms with Crippen LogP contribution in [0.25, 0.3) is 0 Å². The zero-order valence-electron chi connectivity index (χ0n) is 13.5. The zero-order valence-corrected chi connectivity index (χ0v) is 13.5. The molecule has 0 aliphatic heterocycles. The highest BCUT2D eigenvalue weighted by molar-refractivity contribution is 5.96. The van der Waals surface area contributed by atoms with Crippen LogP contribution in [0.5, 0.6) is 5.75 Å². The number of rotatable bonds is 6. The third-order valence-electron chi connectivity index (χ3n) is 4.29. The quantitative estimate of drug-likeness (QED) is 0.756. The molecular formula is C18H25NO3. The number of ketones is 1. The van der Waals surface area contributed by atoms with Crippen LogP contribution in [0.15, 0.2) is 24.3 Å². The van der Waals surface area contributed by atoms with E-state index < -0.39 is 0 Å². The van der Waals surface area contributed by atoms with E-state index >= 15 is 0 Å². The molecule has 1 aromatic rings. The molecule has 1 aliphatic carbocycles. The van der Waals surface area contributed by atoms with E-state index in [2.05, 4.69) is 0 Å². The summed E-state index contributed by atoms with van der Waals surface area (Å²) in [6.45, 7) is 4.22. The molecule has 1 aliphatic rings. The summed E-state index contributed by atoms with van der Waals surface area (Å²) in [7, 11) is 0. The van der Waals surface area contributed by atoms with Gasteiger partial charge in [0, 0.05) is 12.6 Å². The van der Waals surface area contributed by atoms with Crippen molar-refractivity contribution in [2.24, 2.45) is 0 Å². The molecule has 0 heterocycles. The van der Waals surface area contributed by atoms with E-state index in [1.54, 1.807) is 18.2 Å². The van der Waals surface area contributed by atoms with E-state index in [0.29, 0.717) is 23.9 Å². The van der Waals surface area contributed by atoms with Gasteiger partial charge >= 0.3 is 0 Å². The number of nitrogens with zero attached hydrogens (tertiary/aromatic N) is 1. The normalized spacial score (nSPS) is 15.4. The molecule has 0 saturated heterocycles. The highest BCUT2D eigenvalue weighted by atomic mass is 16.5. The standard InChI is InChI=1S/C18H25NO3/c1-3-19(15-9-5-4-6-10-15)18(21)13-22-17-12-8-7-11-16(17)14(2)20/h7-8,11-12,15H,3-6,9-10,13H2,1-2H3. The molecule has 2 rings (SSSR count). The average molecular weight is 303 g/mol. The molecular weight excluding hydrogens is 278 g/mol. The van der Waals surface area contributed by atoms with Crippen LogP contribution in [0.4, 0.5) is 0 Å². The van der Waals surface area contributed by atoms with Gasteiger partial charge in [-0.15, -0.1) is 0 Å². The van der Waals surface area contributed by atoms with Crippen LogP contribution in [-0.2, 0) is 4.79 Å². The number of benzene rings is 1. The smallest absolute Gasteiger partial charge is 0.260 e. The van der Waals surface area contributed by atoms with Gasteiger partial charge in [-0.2, -0.15) is 0 Å². The van der Waals surface area contributed by atoms with Gasteiger partial charge in [0.15, 0.2) is 12.4 Å². The number of carbonyl (C=O) groups excluding carboxylic acids is 2. The Balaban J connectivity index is 1.98. The summed E-state index contributed by atoms with van der Waals surface area (Å²) < 4.78 is 5.62. The van der Waals surface area contributed by atoms with Crippen molar-refractivity contribution in [3.8, 4) is 5.75 Å². The highest BCUT2D eigenvalue weighted by Gasteiger charge is 2.24. The van der Waals surface area contributed by atoms with Crippen LogP contribution in [0.3, 0.4) is 0 Å². The summed E-state index contributed by atoms with van der Waals surface area (Å²) in [6.07, 6.45) is 5.84. The molecule has 1 saturated carbocycles. The second-order valence-corrected chi connectivity index (χ2v) is 5.81. The first kappa shape index (κ1) is 16.5. The van der Waals surface area contributed by atoms with Crippen molar-refractivity contribution in [3.05, 3.63) is 29.8 Å². The maximum atomic E-state index is 12.4. The zero-order chi connectivity index (χ0) is 15.9. The molecule has 0 radical (unpaired) electrons. The predicted octanol–water partition coefficient (Wildman–Crippen LogP) is 3.45. The Kier molecular flexibility index (Phi) is 5.99. The molecule has 1 fully saturated rings. The second kappa shape index (κ2) is 7.97. The molecule has 4 heteroatoms. The monoisotopic (exact) mass is 303 g/mol. The number of hydrogen-bond acceptors (Lipinski definition) is 3. The van der Waals surface area contributed by atoms with Crippen molar-refractivity contribution < 1.29 is 14.3 Å². The van der Waals surface area contributed by atoms with Gasteiger partial charge in [-0.1, -0.05) is 31.4 Å². The lowest BCUT2D eigenvalue weighted by Gasteiger charge is -2.33. The van der Waals surface area contributed by atoms with Gasteiger partial charge in [0.2, 0.25) is 0 Å². The van der Waals surface area contributed by atoms with Gasteiger partial charge in [0.1, 0.15) is 5.75 Å². The minimum Gasteiger partial charge on any atom is -0.483 e. The van der Waals surface area contributed by atoms with Gasteiger partial charge in [-0.25, -0.2) is 0 Å². The fourth-order valence-corrected chi connectivity index (χ4v) is 3.14. The summed E-state index contributed by atoms with van der Waals surface area (Å²) >= 11 is 0. The number of hydrogen-bond donors (Lipinski definition) is 0. The topological polar surface area (TPSA) is 46.6 Å². The molecule has 0 unspecified atom stereocenters. The summed E-state index contributed by atoms with van der Waals surface area (Å²) in [5.74, 6) is 0.443. The molecule has 0 spiro atoms. The minimum atomic E-state index is -0.0531. The number of likely N-dealkylation sites (N-methyl/N-ethyl adjacent to an activating group) is 1. The third kappa shape index (κ3) is 4.09. The van der Waals surface area contributed by atoms with Crippen LogP contribution < -0.4 is 4.74 Å². The molecule has 1 aromatic carbocycles. The summed E-state index contributed by atoms with van der Waals surface area (Å²) in [6, 6.07) is 7.41. The Morgan fingerprint density at radius 2 is 1.86 bits per heavy atom. The van der Waals surface area contributed by atoms with E-state index in [-0.39, 0.29) is 18.3 Å². The maximum Gasteiger partial charge on any atom is 0.260 e. The van der Waals surface area contributed by atoms with Crippen molar-refractivity contribution in [2.75, 3.05) is 13.2 Å². The highest BCUT2D eigenvalue weighted by Crippen LogP contribution is 2.23. The largest absolute Gasteiger partial charge is 0.483 e. The van der Waals surface area contributed by atoms with Gasteiger partial charge in [-0.05, 0) is 38.8 Å². The van der Waals surface area contributed by atoms with Crippen molar-refractivity contribution in [2.45, 2.75) is 52.0 Å². The fraction of sp³-hybridized carbons (Fsp3) is 0.556. The summed E-state index contributed by atoms with van der Waals surface area (Å²) in [4.78, 5) is 25.9. The number of ether oxygens (including phenoxy) is 1. The van der Waals surface area contributed by atoms with Crippen molar-refractivity contribution in [3.63, 3.8) is 0 Å². The third-order valence-corrected chi connectivity index (χ3v) is 4.29. The molecule has 0 N–H and O–H groups in total. The van der Waals surface area contributed by atoms with E-state index in [9.17, 15) is 9.59 Å². The number of amides is 1. The van der Waals surface area contributed by atoms with E-state index in [1.165, 1.54) is 26.2 Å². The lowest BCUT2D eigenvalue weighted by Crippen LogP contribution is -2.43. The number of para-hydroxylation sites is 1. The van der Waals surface area contributed by atoms with E-state index in [1.807, 2.05) is 17.9 Å². The Hall–Kier alpha value is -1.84. The van der Waals surface area contributed by atoms with Crippen molar-refractivity contribution in [1.82, 2.24) is 4.90 Å². The Morgan fingerprint density at radius 1 is 1.18 bits per heavy atom. The molecule has 1 amide bonds. The predicted molar refractivity (Wildman–Crippen MR) is 86.2 cm³/mol. The van der Waals surface area contributed by atoms with Crippen LogP contribution in [0.2, 0.25) is 0 Å². The maximum absolute atomic E-state index is 12.4. The van der Waals surface area contributed by atoms with Gasteiger partial charge in [0.25, 0.3) is 5.91 Å². The Labute approximate surface area is 132 Å². The van der Waals surface area contributed by atoms with Crippen LogP contribution >= 0.6 is 0 Å². The Bertz CT molecular complexity index is 521. The summed E-state index contributed by atoms with van der Waals surface area (Å²) in [5, 5.41) is 0. The van der Waals surface area contributed by atoms with Gasteiger partial charge < -0.3 is 9.64 Å². The summed E-state index contributed by atoms with van der Waals surface area (Å²) in [5.41, 5.74) is 0.524. The van der Waals surface area contributed by atoms with Crippen LogP contribution in [-0.4, -0.2) is 35.8 Å². The van der Waals surface area contributed by atoms with Gasteiger partial charge in [0.05, 0.1) is 5.56 Å². The van der Waals surface area contributed by atoms with Crippen LogP contribution in [0, 0.1) is 0 Å². The number of carbonyl (C=O) groups is 2. The first-order valence-corrected chi connectivity index (χ1v) is 8.15. The minimum absolute atomic E-state index is 0.00532. The first-order valence-electron chi connectivity index (χ1n) is 8.15. The lowest BCUT2D eigenvalue weighted by atomic mass is 9.94. The molecule has 4 nitrogen and oxygen atoms in total. The molecule has 0 aromatic heterocycles. The average Bonchev–Trinajstić information content (AvgIpc) is 2.55. The molecule has 22 heavy (non-hydrogen) atoms. The van der Waals surface area contributed by atoms with Crippen molar-refractivity contribution >= 4 is 11.7 Å². The molecule has 0 atom stereocenters. The van der Waals surface area contributed by atoms with Crippen LogP contribution in [0.1, 0.15) is 56.3 Å². The van der Waals surface area contributed by atoms with Crippen molar-refractivity contribution in [1.29, 1.82) is 0 Å². The van der Waals surface area contributed by atoms with E-state index in [4.69, 9.17) is 4.74 Å². The SMILES string of the molecule is CCN(C(=O)COc1ccccc1C(C)=O)C1CCCCC1.